The number of nitro groups is 1. The molecule has 2 rings (SSSR count). The van der Waals surface area contributed by atoms with Crippen molar-refractivity contribution in [1.82, 2.24) is 0 Å². The highest BCUT2D eigenvalue weighted by Crippen LogP contribution is 2.27. The molecule has 2 N–H and O–H groups in total. The van der Waals surface area contributed by atoms with Crippen molar-refractivity contribution in [3.05, 3.63) is 62.4 Å². The minimum Gasteiger partial charge on any atom is -0.488 e. The highest BCUT2D eigenvalue weighted by molar-refractivity contribution is 9.10. The predicted molar refractivity (Wildman–Crippen MR) is 75.9 cm³/mol. The van der Waals surface area contributed by atoms with E-state index in [4.69, 9.17) is 10.5 Å². The number of benzene rings is 2. The van der Waals surface area contributed by atoms with Gasteiger partial charge in [-0.2, -0.15) is 0 Å². The van der Waals surface area contributed by atoms with Crippen molar-refractivity contribution >= 4 is 27.3 Å². The predicted octanol–water partition coefficient (Wildman–Crippen LogP) is 3.66. The van der Waals surface area contributed by atoms with E-state index in [1.807, 2.05) is 0 Å². The Hall–Kier alpha value is -2.15. The molecule has 5 nitrogen and oxygen atoms in total. The first kappa shape index (κ1) is 14.3. The van der Waals surface area contributed by atoms with Crippen molar-refractivity contribution in [1.29, 1.82) is 0 Å². The molecular weight excluding hydrogens is 331 g/mol. The van der Waals surface area contributed by atoms with Crippen LogP contribution >= 0.6 is 15.9 Å². The zero-order valence-corrected chi connectivity index (χ0v) is 11.8. The fraction of sp³-hybridized carbons (Fsp3) is 0.0769. The van der Waals surface area contributed by atoms with Crippen LogP contribution in [0.15, 0.2) is 40.9 Å². The molecule has 0 heterocycles. The van der Waals surface area contributed by atoms with E-state index in [1.165, 1.54) is 30.3 Å². The van der Waals surface area contributed by atoms with Crippen LogP contribution in [-0.2, 0) is 6.61 Å². The summed E-state index contributed by atoms with van der Waals surface area (Å²) in [7, 11) is 0. The number of nitrogens with zero attached hydrogens (tertiary/aromatic N) is 1. The van der Waals surface area contributed by atoms with Crippen LogP contribution in [0.4, 0.5) is 15.8 Å². The molecular formula is C13H10BrFN2O3. The molecule has 0 radical (unpaired) electrons. The normalized spacial score (nSPS) is 10.3. The van der Waals surface area contributed by atoms with E-state index < -0.39 is 4.92 Å². The van der Waals surface area contributed by atoms with Gasteiger partial charge in [-0.05, 0) is 45.8 Å². The first-order valence-corrected chi connectivity index (χ1v) is 6.37. The van der Waals surface area contributed by atoms with Crippen LogP contribution in [0.5, 0.6) is 5.75 Å². The molecule has 0 bridgehead atoms. The average Bonchev–Trinajstić information content (AvgIpc) is 2.39. The number of hydrogen-bond acceptors (Lipinski definition) is 4. The van der Waals surface area contributed by atoms with Crippen LogP contribution in [0.1, 0.15) is 5.56 Å². The van der Waals surface area contributed by atoms with Gasteiger partial charge in [-0.15, -0.1) is 0 Å². The molecule has 0 saturated heterocycles. The van der Waals surface area contributed by atoms with Crippen LogP contribution < -0.4 is 10.5 Å². The van der Waals surface area contributed by atoms with Crippen molar-refractivity contribution < 1.29 is 14.1 Å². The van der Waals surface area contributed by atoms with Gasteiger partial charge in [0.2, 0.25) is 0 Å². The lowest BCUT2D eigenvalue weighted by Gasteiger charge is -2.08. The minimum atomic E-state index is -0.549. The van der Waals surface area contributed by atoms with Crippen LogP contribution in [-0.4, -0.2) is 4.92 Å². The van der Waals surface area contributed by atoms with Crippen LogP contribution in [0, 0.1) is 15.9 Å². The lowest BCUT2D eigenvalue weighted by atomic mass is 10.2. The number of nitrogens with two attached hydrogens (primary N) is 1. The Kier molecular flexibility index (Phi) is 4.19. The van der Waals surface area contributed by atoms with Crippen molar-refractivity contribution in [2.24, 2.45) is 0 Å². The van der Waals surface area contributed by atoms with E-state index in [1.54, 1.807) is 6.07 Å². The smallest absolute Gasteiger partial charge is 0.292 e. The van der Waals surface area contributed by atoms with Gasteiger partial charge in [0, 0.05) is 6.07 Å². The summed E-state index contributed by atoms with van der Waals surface area (Å²) in [6, 6.07) is 8.47. The lowest BCUT2D eigenvalue weighted by molar-refractivity contribution is -0.384. The number of nitro benzene ring substituents is 1. The quantitative estimate of drug-likeness (QED) is 0.523. The van der Waals surface area contributed by atoms with Crippen molar-refractivity contribution in [2.45, 2.75) is 6.61 Å². The molecule has 0 spiro atoms. The van der Waals surface area contributed by atoms with Crippen molar-refractivity contribution in [2.75, 3.05) is 5.73 Å². The van der Waals surface area contributed by atoms with Crippen molar-refractivity contribution in [3.63, 3.8) is 0 Å². The van der Waals surface area contributed by atoms with E-state index in [0.29, 0.717) is 15.8 Å². The van der Waals surface area contributed by atoms with E-state index in [-0.39, 0.29) is 23.8 Å². The number of ether oxygens (including phenoxy) is 1. The molecule has 7 heteroatoms. The molecule has 0 aliphatic heterocycles. The van der Waals surface area contributed by atoms with E-state index in [2.05, 4.69) is 15.9 Å². The fourth-order valence-electron chi connectivity index (χ4n) is 1.59. The summed E-state index contributed by atoms with van der Waals surface area (Å²) >= 11 is 3.18. The van der Waals surface area contributed by atoms with Gasteiger partial charge < -0.3 is 10.5 Å². The third kappa shape index (κ3) is 3.24. The second kappa shape index (κ2) is 5.87. The topological polar surface area (TPSA) is 78.4 Å². The Bertz CT molecular complexity index is 664. The zero-order valence-electron chi connectivity index (χ0n) is 10.2. The maximum Gasteiger partial charge on any atom is 0.292 e. The second-order valence-corrected chi connectivity index (χ2v) is 4.87. The number of hydrogen-bond donors (Lipinski definition) is 1. The molecule has 0 aliphatic rings. The summed E-state index contributed by atoms with van der Waals surface area (Å²) in [5.41, 5.74) is 6.04. The van der Waals surface area contributed by atoms with Gasteiger partial charge in [0.25, 0.3) is 5.69 Å². The summed E-state index contributed by atoms with van der Waals surface area (Å²) in [5.74, 6) is 0.0678. The van der Waals surface area contributed by atoms with E-state index in [9.17, 15) is 14.5 Å². The zero-order chi connectivity index (χ0) is 14.7. The van der Waals surface area contributed by atoms with Gasteiger partial charge in [0.15, 0.2) is 0 Å². The molecule has 20 heavy (non-hydrogen) atoms. The maximum absolute atomic E-state index is 12.9. The fourth-order valence-corrected chi connectivity index (χ4v) is 2.06. The summed E-state index contributed by atoms with van der Waals surface area (Å²) in [4.78, 5) is 10.2. The molecule has 2 aromatic carbocycles. The highest BCUT2D eigenvalue weighted by Gasteiger charge is 2.12. The Balaban J connectivity index is 2.15. The molecule has 0 fully saturated rings. The van der Waals surface area contributed by atoms with Crippen LogP contribution in [0.25, 0.3) is 0 Å². The standard InChI is InChI=1S/C13H10BrFN2O3/c14-10-6-9(15)2-4-13(10)20-7-8-1-3-11(16)12(5-8)17(18)19/h1-6H,7,16H2. The third-order valence-corrected chi connectivity index (χ3v) is 3.20. The molecule has 0 unspecified atom stereocenters. The Morgan fingerprint density at radius 3 is 2.70 bits per heavy atom. The molecule has 0 saturated carbocycles. The first-order valence-electron chi connectivity index (χ1n) is 5.58. The van der Waals surface area contributed by atoms with Gasteiger partial charge in [-0.1, -0.05) is 6.07 Å². The average molecular weight is 341 g/mol. The summed E-state index contributed by atoms with van der Waals surface area (Å²) in [5, 5.41) is 10.8. The summed E-state index contributed by atoms with van der Waals surface area (Å²) < 4.78 is 18.9. The Morgan fingerprint density at radius 2 is 2.05 bits per heavy atom. The molecule has 2 aromatic rings. The van der Waals surface area contributed by atoms with Crippen LogP contribution in [0.2, 0.25) is 0 Å². The number of nitrogen functional groups attached to an aromatic ring is 1. The number of anilines is 1. The van der Waals surface area contributed by atoms with Gasteiger partial charge in [0.1, 0.15) is 23.9 Å². The van der Waals surface area contributed by atoms with Gasteiger partial charge in [-0.3, -0.25) is 10.1 Å². The van der Waals surface area contributed by atoms with Crippen LogP contribution in [0.3, 0.4) is 0 Å². The van der Waals surface area contributed by atoms with Gasteiger partial charge >= 0.3 is 0 Å². The summed E-state index contributed by atoms with van der Waals surface area (Å²) in [6.07, 6.45) is 0. The third-order valence-electron chi connectivity index (χ3n) is 2.58. The number of halogens is 2. The second-order valence-electron chi connectivity index (χ2n) is 4.01. The Labute approximate surface area is 122 Å². The Morgan fingerprint density at radius 1 is 1.30 bits per heavy atom. The summed E-state index contributed by atoms with van der Waals surface area (Å²) in [6.45, 7) is 0.116. The SMILES string of the molecule is Nc1ccc(COc2ccc(F)cc2Br)cc1[N+](=O)[O-]. The lowest BCUT2D eigenvalue weighted by Crippen LogP contribution is -2.00. The van der Waals surface area contributed by atoms with Crippen molar-refractivity contribution in [3.8, 4) is 5.75 Å². The highest BCUT2D eigenvalue weighted by atomic mass is 79.9. The molecule has 0 atom stereocenters. The maximum atomic E-state index is 12.9. The molecule has 0 aromatic heterocycles. The molecule has 104 valence electrons. The molecule has 0 aliphatic carbocycles. The van der Waals surface area contributed by atoms with E-state index in [0.717, 1.165) is 0 Å². The number of rotatable bonds is 4. The van der Waals surface area contributed by atoms with E-state index >= 15 is 0 Å². The molecule has 0 amide bonds. The minimum absolute atomic E-state index is 0.0988. The largest absolute Gasteiger partial charge is 0.488 e. The van der Waals surface area contributed by atoms with Gasteiger partial charge in [-0.25, -0.2) is 4.39 Å². The monoisotopic (exact) mass is 340 g/mol. The van der Waals surface area contributed by atoms with Gasteiger partial charge in [0.05, 0.1) is 9.40 Å². The first-order chi connectivity index (χ1) is 9.47.